The molecule has 0 atom stereocenters. The van der Waals surface area contributed by atoms with Crippen molar-refractivity contribution in [3.05, 3.63) is 35.4 Å². The van der Waals surface area contributed by atoms with Crippen molar-refractivity contribution in [2.75, 3.05) is 14.2 Å². The number of ether oxygens (including phenoxy) is 2. The summed E-state index contributed by atoms with van der Waals surface area (Å²) in [6.07, 6.45) is 0. The molecule has 0 unspecified atom stereocenters. The molecule has 0 fully saturated rings. The van der Waals surface area contributed by atoms with Gasteiger partial charge in [0, 0.05) is 6.54 Å². The minimum absolute atomic E-state index is 0.358. The second-order valence-corrected chi connectivity index (χ2v) is 4.62. The molecule has 0 spiro atoms. The Morgan fingerprint density at radius 2 is 1.79 bits per heavy atom. The maximum Gasteiger partial charge on any atom is 0.338 e. The summed E-state index contributed by atoms with van der Waals surface area (Å²) < 4.78 is 9.43. The van der Waals surface area contributed by atoms with E-state index in [2.05, 4.69) is 5.32 Å². The van der Waals surface area contributed by atoms with Gasteiger partial charge in [-0.1, -0.05) is 18.2 Å². The van der Waals surface area contributed by atoms with E-state index in [0.29, 0.717) is 12.1 Å². The lowest BCUT2D eigenvalue weighted by atomic mass is 10.0. The van der Waals surface area contributed by atoms with E-state index in [1.807, 2.05) is 12.1 Å². The molecule has 0 aromatic heterocycles. The molecule has 0 amide bonds. The van der Waals surface area contributed by atoms with Crippen LogP contribution in [0, 0.1) is 0 Å². The fraction of sp³-hybridized carbons (Fsp3) is 0.429. The van der Waals surface area contributed by atoms with Crippen LogP contribution in [0.1, 0.15) is 29.8 Å². The predicted molar refractivity (Wildman–Crippen MR) is 70.7 cm³/mol. The quantitative estimate of drug-likeness (QED) is 0.818. The number of hydrogen-bond donors (Lipinski definition) is 1. The average molecular weight is 265 g/mol. The number of benzene rings is 1. The molecule has 0 radical (unpaired) electrons. The number of carbonyl (C=O) groups is 2. The van der Waals surface area contributed by atoms with Gasteiger partial charge in [0.2, 0.25) is 0 Å². The highest BCUT2D eigenvalue weighted by molar-refractivity contribution is 5.91. The topological polar surface area (TPSA) is 64.6 Å². The van der Waals surface area contributed by atoms with Crippen LogP contribution in [0.2, 0.25) is 0 Å². The number of carbonyl (C=O) groups excluding carboxylic acids is 2. The van der Waals surface area contributed by atoms with Gasteiger partial charge in [0.25, 0.3) is 0 Å². The third-order valence-electron chi connectivity index (χ3n) is 2.84. The lowest BCUT2D eigenvalue weighted by Crippen LogP contribution is -2.47. The van der Waals surface area contributed by atoms with E-state index in [1.54, 1.807) is 26.0 Å². The molecule has 1 aromatic rings. The summed E-state index contributed by atoms with van der Waals surface area (Å²) in [7, 11) is 2.68. The van der Waals surface area contributed by atoms with Crippen molar-refractivity contribution in [3.8, 4) is 0 Å². The van der Waals surface area contributed by atoms with Crippen LogP contribution in [0.5, 0.6) is 0 Å². The van der Waals surface area contributed by atoms with E-state index in [4.69, 9.17) is 9.47 Å². The summed E-state index contributed by atoms with van der Waals surface area (Å²) in [5.41, 5.74) is 0.433. The van der Waals surface area contributed by atoms with Crippen LogP contribution in [0.25, 0.3) is 0 Å². The van der Waals surface area contributed by atoms with Crippen LogP contribution in [0.4, 0.5) is 0 Å². The summed E-state index contributed by atoms with van der Waals surface area (Å²) in [6.45, 7) is 3.81. The van der Waals surface area contributed by atoms with E-state index < -0.39 is 11.5 Å². The van der Waals surface area contributed by atoms with Crippen LogP contribution in [-0.2, 0) is 20.8 Å². The zero-order valence-electron chi connectivity index (χ0n) is 11.6. The number of esters is 2. The standard InChI is InChI=1S/C14H19NO4/c1-14(2,13(17)19-4)15-9-10-7-5-6-8-11(10)12(16)18-3/h5-8,15H,9H2,1-4H3. The largest absolute Gasteiger partial charge is 0.468 e. The zero-order valence-corrected chi connectivity index (χ0v) is 11.6. The summed E-state index contributed by atoms with van der Waals surface area (Å²) in [6, 6.07) is 7.09. The molecule has 5 nitrogen and oxygen atoms in total. The monoisotopic (exact) mass is 265 g/mol. The van der Waals surface area contributed by atoms with Crippen molar-refractivity contribution < 1.29 is 19.1 Å². The van der Waals surface area contributed by atoms with Crippen molar-refractivity contribution in [3.63, 3.8) is 0 Å². The predicted octanol–water partition coefficient (Wildman–Crippen LogP) is 1.51. The van der Waals surface area contributed by atoms with Crippen LogP contribution in [-0.4, -0.2) is 31.7 Å². The van der Waals surface area contributed by atoms with Gasteiger partial charge in [-0.3, -0.25) is 10.1 Å². The van der Waals surface area contributed by atoms with Crippen molar-refractivity contribution in [1.82, 2.24) is 5.32 Å². The molecular weight excluding hydrogens is 246 g/mol. The molecular formula is C14H19NO4. The molecule has 0 heterocycles. The third kappa shape index (κ3) is 3.79. The number of methoxy groups -OCH3 is 2. The first-order chi connectivity index (χ1) is 8.92. The molecule has 19 heavy (non-hydrogen) atoms. The average Bonchev–Trinajstić information content (AvgIpc) is 2.43. The molecule has 1 aromatic carbocycles. The van der Waals surface area contributed by atoms with Crippen molar-refractivity contribution in [2.24, 2.45) is 0 Å². The van der Waals surface area contributed by atoms with Gasteiger partial charge < -0.3 is 9.47 Å². The number of nitrogens with one attached hydrogen (secondary N) is 1. The summed E-state index contributed by atoms with van der Waals surface area (Å²) in [4.78, 5) is 23.2. The van der Waals surface area contributed by atoms with Gasteiger partial charge in [0.15, 0.2) is 0 Å². The first-order valence-electron chi connectivity index (χ1n) is 5.92. The fourth-order valence-corrected chi connectivity index (χ4v) is 1.63. The molecule has 0 bridgehead atoms. The molecule has 0 saturated heterocycles. The van der Waals surface area contributed by atoms with Crippen LogP contribution >= 0.6 is 0 Å². The molecule has 0 aliphatic rings. The maximum atomic E-state index is 11.6. The summed E-state index contributed by atoms with van der Waals surface area (Å²) >= 11 is 0. The second-order valence-electron chi connectivity index (χ2n) is 4.62. The Morgan fingerprint density at radius 1 is 1.16 bits per heavy atom. The molecule has 0 saturated carbocycles. The highest BCUT2D eigenvalue weighted by atomic mass is 16.5. The number of hydrogen-bond acceptors (Lipinski definition) is 5. The second kappa shape index (κ2) is 6.33. The Balaban J connectivity index is 2.84. The van der Waals surface area contributed by atoms with Gasteiger partial charge in [0.1, 0.15) is 5.54 Å². The first kappa shape index (κ1) is 15.2. The molecule has 104 valence electrons. The van der Waals surface area contributed by atoms with Crippen LogP contribution in [0.15, 0.2) is 24.3 Å². The lowest BCUT2D eigenvalue weighted by Gasteiger charge is -2.23. The van der Waals surface area contributed by atoms with E-state index in [9.17, 15) is 9.59 Å². The zero-order chi connectivity index (χ0) is 14.5. The molecule has 1 rings (SSSR count). The van der Waals surface area contributed by atoms with Gasteiger partial charge in [-0.2, -0.15) is 0 Å². The Morgan fingerprint density at radius 3 is 2.37 bits per heavy atom. The Kier molecular flexibility index (Phi) is 5.06. The molecule has 1 N–H and O–H groups in total. The van der Waals surface area contributed by atoms with Crippen molar-refractivity contribution >= 4 is 11.9 Å². The van der Waals surface area contributed by atoms with E-state index in [0.717, 1.165) is 5.56 Å². The summed E-state index contributed by atoms with van der Waals surface area (Å²) in [5, 5.41) is 3.06. The highest BCUT2D eigenvalue weighted by Crippen LogP contribution is 2.12. The smallest absolute Gasteiger partial charge is 0.338 e. The third-order valence-corrected chi connectivity index (χ3v) is 2.84. The lowest BCUT2D eigenvalue weighted by molar-refractivity contribution is -0.147. The van der Waals surface area contributed by atoms with E-state index in [1.165, 1.54) is 14.2 Å². The normalized spacial score (nSPS) is 10.9. The van der Waals surface area contributed by atoms with Gasteiger partial charge in [-0.15, -0.1) is 0 Å². The summed E-state index contributed by atoms with van der Waals surface area (Å²) in [5.74, 6) is -0.753. The van der Waals surface area contributed by atoms with Gasteiger partial charge in [0.05, 0.1) is 19.8 Å². The maximum absolute atomic E-state index is 11.6. The highest BCUT2D eigenvalue weighted by Gasteiger charge is 2.28. The van der Waals surface area contributed by atoms with Gasteiger partial charge in [-0.25, -0.2) is 4.79 Å². The number of rotatable bonds is 5. The minimum atomic E-state index is -0.821. The van der Waals surface area contributed by atoms with Crippen molar-refractivity contribution in [2.45, 2.75) is 25.9 Å². The first-order valence-corrected chi connectivity index (χ1v) is 5.92. The van der Waals surface area contributed by atoms with Crippen LogP contribution < -0.4 is 5.32 Å². The minimum Gasteiger partial charge on any atom is -0.468 e. The Hall–Kier alpha value is -1.88. The van der Waals surface area contributed by atoms with Gasteiger partial charge in [-0.05, 0) is 25.5 Å². The SMILES string of the molecule is COC(=O)c1ccccc1CNC(C)(C)C(=O)OC. The molecule has 0 aliphatic carbocycles. The van der Waals surface area contributed by atoms with E-state index in [-0.39, 0.29) is 5.97 Å². The Bertz CT molecular complexity index is 468. The van der Waals surface area contributed by atoms with Gasteiger partial charge >= 0.3 is 11.9 Å². The molecule has 0 aliphatic heterocycles. The Labute approximate surface area is 112 Å². The fourth-order valence-electron chi connectivity index (χ4n) is 1.63. The molecule has 5 heteroatoms. The van der Waals surface area contributed by atoms with Crippen molar-refractivity contribution in [1.29, 1.82) is 0 Å². The van der Waals surface area contributed by atoms with Crippen LogP contribution in [0.3, 0.4) is 0 Å². The van der Waals surface area contributed by atoms with E-state index >= 15 is 0 Å².